The van der Waals surface area contributed by atoms with E-state index in [9.17, 15) is 13.2 Å². The van der Waals surface area contributed by atoms with Gasteiger partial charge in [-0.15, -0.1) is 0 Å². The fourth-order valence-electron chi connectivity index (χ4n) is 2.39. The summed E-state index contributed by atoms with van der Waals surface area (Å²) < 4.78 is 30.0. The first-order valence-electron chi connectivity index (χ1n) is 8.54. The third kappa shape index (κ3) is 5.66. The van der Waals surface area contributed by atoms with E-state index < -0.39 is 16.0 Å². The predicted molar refractivity (Wildman–Crippen MR) is 112 cm³/mol. The molecule has 6 nitrogen and oxygen atoms in total. The molecule has 3 aromatic rings. The standard InChI is InChI=1S/C21H17ClN2O4S/c1-15-8-10-20(11-9-15)29(26,27)28-19-7-2-4-16(12-19)14-23-24-21(25)17-5-3-6-18(22)13-17/h2-14H,1H3,(H,24,25)/b23-14-. The Morgan fingerprint density at radius 3 is 2.48 bits per heavy atom. The number of hydrogen-bond acceptors (Lipinski definition) is 5. The SMILES string of the molecule is Cc1ccc(S(=O)(=O)Oc2cccc(/C=N\NC(=O)c3cccc(Cl)c3)c2)cc1. The van der Waals surface area contributed by atoms with Crippen molar-refractivity contribution < 1.29 is 17.4 Å². The third-order valence-electron chi connectivity index (χ3n) is 3.84. The molecule has 0 spiro atoms. The van der Waals surface area contributed by atoms with Gasteiger partial charge in [-0.25, -0.2) is 5.43 Å². The number of nitrogens with zero attached hydrogens (tertiary/aromatic N) is 1. The third-order valence-corrected chi connectivity index (χ3v) is 5.34. The molecule has 0 saturated heterocycles. The van der Waals surface area contributed by atoms with E-state index >= 15 is 0 Å². The summed E-state index contributed by atoms with van der Waals surface area (Å²) in [6, 6.07) is 19.2. The maximum absolute atomic E-state index is 12.4. The van der Waals surface area contributed by atoms with Crippen LogP contribution in [0.5, 0.6) is 5.75 Å². The summed E-state index contributed by atoms with van der Waals surface area (Å²) in [6.45, 7) is 1.87. The molecule has 0 saturated carbocycles. The van der Waals surface area contributed by atoms with Gasteiger partial charge in [-0.2, -0.15) is 13.5 Å². The van der Waals surface area contributed by atoms with Crippen LogP contribution in [0.25, 0.3) is 0 Å². The molecule has 1 amide bonds. The summed E-state index contributed by atoms with van der Waals surface area (Å²) >= 11 is 5.86. The van der Waals surface area contributed by atoms with Gasteiger partial charge < -0.3 is 4.18 Å². The molecule has 0 aliphatic heterocycles. The molecule has 8 heteroatoms. The smallest absolute Gasteiger partial charge is 0.339 e. The Morgan fingerprint density at radius 1 is 1.03 bits per heavy atom. The molecular formula is C21H17ClN2O4S. The highest BCUT2D eigenvalue weighted by Gasteiger charge is 2.16. The first kappa shape index (κ1) is 20.6. The summed E-state index contributed by atoms with van der Waals surface area (Å²) in [5.41, 5.74) is 4.25. The Bertz CT molecular complexity index is 1160. The van der Waals surface area contributed by atoms with E-state index in [1.807, 2.05) is 6.92 Å². The van der Waals surface area contributed by atoms with Crippen LogP contribution in [0.15, 0.2) is 82.8 Å². The fourth-order valence-corrected chi connectivity index (χ4v) is 3.50. The predicted octanol–water partition coefficient (Wildman–Crippen LogP) is 4.18. The number of carbonyl (C=O) groups excluding carboxylic acids is 1. The first-order chi connectivity index (χ1) is 13.8. The van der Waals surface area contributed by atoms with Gasteiger partial charge in [-0.3, -0.25) is 4.79 Å². The number of hydrogen-bond donors (Lipinski definition) is 1. The Balaban J connectivity index is 1.68. The minimum atomic E-state index is -3.95. The number of amides is 1. The zero-order valence-electron chi connectivity index (χ0n) is 15.4. The molecule has 1 N–H and O–H groups in total. The van der Waals surface area contributed by atoms with E-state index in [0.717, 1.165) is 5.56 Å². The number of aryl methyl sites for hydroxylation is 1. The van der Waals surface area contributed by atoms with Crippen molar-refractivity contribution in [2.24, 2.45) is 5.10 Å². The van der Waals surface area contributed by atoms with Gasteiger partial charge in [0.25, 0.3) is 5.91 Å². The monoisotopic (exact) mass is 428 g/mol. The maximum atomic E-state index is 12.4. The summed E-state index contributed by atoms with van der Waals surface area (Å²) in [6.07, 6.45) is 1.38. The van der Waals surface area contributed by atoms with Gasteiger partial charge in [0.2, 0.25) is 0 Å². The van der Waals surface area contributed by atoms with Gasteiger partial charge in [0.15, 0.2) is 0 Å². The van der Waals surface area contributed by atoms with Gasteiger partial charge in [-0.05, 0) is 55.0 Å². The van der Waals surface area contributed by atoms with Crippen LogP contribution in [0.2, 0.25) is 5.02 Å². The Hall–Kier alpha value is -3.16. The second-order valence-electron chi connectivity index (χ2n) is 6.13. The van der Waals surface area contributed by atoms with Crippen molar-refractivity contribution in [3.63, 3.8) is 0 Å². The highest BCUT2D eigenvalue weighted by Crippen LogP contribution is 2.19. The van der Waals surface area contributed by atoms with Crippen LogP contribution < -0.4 is 9.61 Å². The van der Waals surface area contributed by atoms with Crippen LogP contribution in [-0.4, -0.2) is 20.5 Å². The van der Waals surface area contributed by atoms with Crippen molar-refractivity contribution in [3.8, 4) is 5.75 Å². The van der Waals surface area contributed by atoms with Gasteiger partial charge in [0.1, 0.15) is 10.6 Å². The first-order valence-corrected chi connectivity index (χ1v) is 10.3. The summed E-state index contributed by atoms with van der Waals surface area (Å²) in [4.78, 5) is 12.1. The Kier molecular flexibility index (Phi) is 6.31. The zero-order valence-corrected chi connectivity index (χ0v) is 16.9. The van der Waals surface area contributed by atoms with Crippen molar-refractivity contribution in [1.82, 2.24) is 5.43 Å². The van der Waals surface area contributed by atoms with E-state index in [1.54, 1.807) is 42.5 Å². The maximum Gasteiger partial charge on any atom is 0.339 e. The molecule has 0 aliphatic rings. The normalized spacial score (nSPS) is 11.4. The minimum absolute atomic E-state index is 0.0657. The van der Waals surface area contributed by atoms with Crippen LogP contribution in [0.3, 0.4) is 0 Å². The fraction of sp³-hybridized carbons (Fsp3) is 0.0476. The molecule has 3 aromatic carbocycles. The largest absolute Gasteiger partial charge is 0.379 e. The molecule has 0 unspecified atom stereocenters. The van der Waals surface area contributed by atoms with Gasteiger partial charge >= 0.3 is 10.1 Å². The lowest BCUT2D eigenvalue weighted by Crippen LogP contribution is -2.17. The highest BCUT2D eigenvalue weighted by atomic mass is 35.5. The zero-order chi connectivity index (χ0) is 20.9. The molecule has 0 atom stereocenters. The lowest BCUT2D eigenvalue weighted by Gasteiger charge is -2.07. The number of benzene rings is 3. The summed E-state index contributed by atoms with van der Waals surface area (Å²) in [7, 11) is -3.95. The van der Waals surface area contributed by atoms with E-state index in [4.69, 9.17) is 15.8 Å². The van der Waals surface area contributed by atoms with Gasteiger partial charge in [0, 0.05) is 10.6 Å². The van der Waals surface area contributed by atoms with Crippen molar-refractivity contribution >= 4 is 33.8 Å². The van der Waals surface area contributed by atoms with E-state index in [0.29, 0.717) is 16.1 Å². The van der Waals surface area contributed by atoms with Crippen LogP contribution in [-0.2, 0) is 10.1 Å². The number of halogens is 1. The van der Waals surface area contributed by atoms with Crippen LogP contribution in [0.1, 0.15) is 21.5 Å². The lowest BCUT2D eigenvalue weighted by atomic mass is 10.2. The molecule has 3 rings (SSSR count). The Labute approximate surface area is 173 Å². The van der Waals surface area contributed by atoms with Crippen LogP contribution in [0, 0.1) is 6.92 Å². The number of rotatable bonds is 6. The number of nitrogens with one attached hydrogen (secondary N) is 1. The van der Waals surface area contributed by atoms with E-state index in [-0.39, 0.29) is 10.6 Å². The molecule has 0 radical (unpaired) electrons. The molecule has 0 fully saturated rings. The van der Waals surface area contributed by atoms with Crippen molar-refractivity contribution in [1.29, 1.82) is 0 Å². The summed E-state index contributed by atoms with van der Waals surface area (Å²) in [5, 5.41) is 4.33. The van der Waals surface area contributed by atoms with Crippen molar-refractivity contribution in [3.05, 3.63) is 94.5 Å². The quantitative estimate of drug-likeness (QED) is 0.362. The van der Waals surface area contributed by atoms with Crippen molar-refractivity contribution in [2.45, 2.75) is 11.8 Å². The molecular weight excluding hydrogens is 412 g/mol. The van der Waals surface area contributed by atoms with E-state index in [2.05, 4.69) is 10.5 Å². The molecule has 0 bridgehead atoms. The molecule has 0 aromatic heterocycles. The van der Waals surface area contributed by atoms with Crippen molar-refractivity contribution in [2.75, 3.05) is 0 Å². The Morgan fingerprint density at radius 2 is 1.76 bits per heavy atom. The average molecular weight is 429 g/mol. The molecule has 148 valence electrons. The summed E-state index contributed by atoms with van der Waals surface area (Å²) in [5.74, 6) is -0.284. The second-order valence-corrected chi connectivity index (χ2v) is 8.12. The van der Waals surface area contributed by atoms with E-state index in [1.165, 1.54) is 36.5 Å². The topological polar surface area (TPSA) is 84.8 Å². The average Bonchev–Trinajstić information content (AvgIpc) is 2.68. The van der Waals surface area contributed by atoms with Crippen LogP contribution >= 0.6 is 11.6 Å². The lowest BCUT2D eigenvalue weighted by molar-refractivity contribution is 0.0955. The second kappa shape index (κ2) is 8.89. The molecule has 29 heavy (non-hydrogen) atoms. The van der Waals surface area contributed by atoms with Gasteiger partial charge in [0.05, 0.1) is 6.21 Å². The van der Waals surface area contributed by atoms with Gasteiger partial charge in [-0.1, -0.05) is 47.5 Å². The molecule has 0 aliphatic carbocycles. The van der Waals surface area contributed by atoms with Crippen LogP contribution in [0.4, 0.5) is 0 Å². The number of hydrazone groups is 1. The highest BCUT2D eigenvalue weighted by molar-refractivity contribution is 7.87. The number of carbonyl (C=O) groups is 1. The minimum Gasteiger partial charge on any atom is -0.379 e. The molecule has 0 heterocycles.